The number of carbonyl (C=O) groups is 1. The predicted molar refractivity (Wildman–Crippen MR) is 105 cm³/mol. The fourth-order valence-electron chi connectivity index (χ4n) is 3.28. The summed E-state index contributed by atoms with van der Waals surface area (Å²) in [5.41, 5.74) is 8.50. The molecule has 8 heteroatoms. The van der Waals surface area contributed by atoms with E-state index in [1.807, 2.05) is 55.8 Å². The molecular weight excluding hydrogens is 344 g/mol. The summed E-state index contributed by atoms with van der Waals surface area (Å²) in [5.74, 6) is 1.77. The fraction of sp³-hybridized carbons (Fsp3) is 0.474. The van der Waals surface area contributed by atoms with Gasteiger partial charge in [-0.1, -0.05) is 12.1 Å². The average molecular weight is 372 g/mol. The predicted octanol–water partition coefficient (Wildman–Crippen LogP) is 2.37. The van der Waals surface area contributed by atoms with Gasteiger partial charge in [0.1, 0.15) is 11.6 Å². The van der Waals surface area contributed by atoms with E-state index in [-0.39, 0.29) is 24.0 Å². The normalized spacial score (nSPS) is 19.3. The second-order valence-electron chi connectivity index (χ2n) is 7.08. The molecule has 1 fully saturated rings. The molecule has 27 heavy (non-hydrogen) atoms. The van der Waals surface area contributed by atoms with Gasteiger partial charge in [-0.2, -0.15) is 5.10 Å². The van der Waals surface area contributed by atoms with Crippen LogP contribution in [0.4, 0.5) is 10.6 Å². The highest BCUT2D eigenvalue weighted by Crippen LogP contribution is 2.26. The zero-order valence-corrected chi connectivity index (χ0v) is 16.2. The smallest absolute Gasteiger partial charge is 0.320 e. The van der Waals surface area contributed by atoms with Gasteiger partial charge in [0.25, 0.3) is 0 Å². The number of ether oxygens (including phenoxy) is 1. The second kappa shape index (κ2) is 8.41. The van der Waals surface area contributed by atoms with Crippen molar-refractivity contribution in [3.8, 4) is 5.75 Å². The van der Waals surface area contributed by atoms with Gasteiger partial charge < -0.3 is 10.1 Å². The molecule has 2 atom stereocenters. The number of amides is 2. The van der Waals surface area contributed by atoms with Crippen molar-refractivity contribution in [1.82, 2.24) is 25.9 Å². The van der Waals surface area contributed by atoms with Crippen molar-refractivity contribution in [2.45, 2.75) is 32.9 Å². The van der Waals surface area contributed by atoms with E-state index >= 15 is 0 Å². The molecule has 3 rings (SSSR count). The van der Waals surface area contributed by atoms with Gasteiger partial charge in [-0.25, -0.2) is 14.9 Å². The van der Waals surface area contributed by atoms with Crippen LogP contribution in [0.15, 0.2) is 30.3 Å². The van der Waals surface area contributed by atoms with Gasteiger partial charge in [-0.15, -0.1) is 0 Å². The Bertz CT molecular complexity index is 771. The molecule has 2 heterocycles. The summed E-state index contributed by atoms with van der Waals surface area (Å²) >= 11 is 0. The zero-order chi connectivity index (χ0) is 19.4. The van der Waals surface area contributed by atoms with E-state index in [0.717, 1.165) is 23.6 Å². The van der Waals surface area contributed by atoms with Crippen molar-refractivity contribution < 1.29 is 9.53 Å². The minimum absolute atomic E-state index is 0.125. The van der Waals surface area contributed by atoms with Crippen molar-refractivity contribution in [2.75, 3.05) is 25.5 Å². The first-order valence-corrected chi connectivity index (χ1v) is 9.21. The maximum absolute atomic E-state index is 12.4. The van der Waals surface area contributed by atoms with E-state index < -0.39 is 0 Å². The Hall–Kier alpha value is -2.58. The minimum Gasteiger partial charge on any atom is -0.497 e. The Balaban J connectivity index is 1.57. The molecule has 0 saturated carbocycles. The Labute approximate surface area is 159 Å². The summed E-state index contributed by atoms with van der Waals surface area (Å²) in [5, 5.41) is 10.3. The first-order chi connectivity index (χ1) is 13.0. The van der Waals surface area contributed by atoms with E-state index in [9.17, 15) is 4.79 Å². The van der Waals surface area contributed by atoms with Crippen LogP contribution in [0.25, 0.3) is 0 Å². The lowest BCUT2D eigenvalue weighted by atomic mass is 9.95. The SMILES string of the molecule is COc1ccc(C2NNCC2CNC(=O)Nc2cc(C)nn2C(C)C)cc1. The van der Waals surface area contributed by atoms with Crippen LogP contribution in [-0.2, 0) is 0 Å². The molecule has 2 unspecified atom stereocenters. The summed E-state index contributed by atoms with van der Waals surface area (Å²) in [7, 11) is 1.66. The lowest BCUT2D eigenvalue weighted by molar-refractivity contribution is 0.249. The van der Waals surface area contributed by atoms with Crippen molar-refractivity contribution in [3.63, 3.8) is 0 Å². The number of rotatable bonds is 6. The van der Waals surface area contributed by atoms with Gasteiger partial charge in [0, 0.05) is 31.1 Å². The Morgan fingerprint density at radius 2 is 2.11 bits per heavy atom. The van der Waals surface area contributed by atoms with Gasteiger partial charge in [0.2, 0.25) is 0 Å². The van der Waals surface area contributed by atoms with Crippen LogP contribution in [0.1, 0.15) is 37.2 Å². The number of methoxy groups -OCH3 is 1. The summed E-state index contributed by atoms with van der Waals surface area (Å²) in [4.78, 5) is 12.4. The first kappa shape index (κ1) is 19.2. The van der Waals surface area contributed by atoms with E-state index in [4.69, 9.17) is 4.74 Å². The van der Waals surface area contributed by atoms with Crippen molar-refractivity contribution in [3.05, 3.63) is 41.6 Å². The van der Waals surface area contributed by atoms with Crippen molar-refractivity contribution in [1.29, 1.82) is 0 Å². The van der Waals surface area contributed by atoms with Crippen molar-refractivity contribution >= 4 is 11.8 Å². The Morgan fingerprint density at radius 1 is 1.37 bits per heavy atom. The molecule has 1 aliphatic rings. The van der Waals surface area contributed by atoms with E-state index in [0.29, 0.717) is 12.4 Å². The van der Waals surface area contributed by atoms with Crippen LogP contribution in [0.5, 0.6) is 5.75 Å². The van der Waals surface area contributed by atoms with Crippen LogP contribution in [0, 0.1) is 12.8 Å². The number of hydrazine groups is 1. The van der Waals surface area contributed by atoms with Crippen LogP contribution < -0.4 is 26.2 Å². The van der Waals surface area contributed by atoms with Gasteiger partial charge in [-0.05, 0) is 38.5 Å². The number of hydrogen-bond donors (Lipinski definition) is 4. The highest BCUT2D eigenvalue weighted by molar-refractivity contribution is 5.88. The molecule has 2 aromatic rings. The standard InChI is InChI=1S/C19H28N6O2/c1-12(2)25-17(9-13(3)24-25)22-19(26)20-10-15-11-21-23-18(15)14-5-7-16(27-4)8-6-14/h5-9,12,15,18,21,23H,10-11H2,1-4H3,(H2,20,22,26). The highest BCUT2D eigenvalue weighted by atomic mass is 16.5. The molecule has 8 nitrogen and oxygen atoms in total. The van der Waals surface area contributed by atoms with E-state index in [1.54, 1.807) is 7.11 Å². The lowest BCUT2D eigenvalue weighted by Gasteiger charge is -2.20. The molecule has 1 aromatic heterocycles. The van der Waals surface area contributed by atoms with Crippen LogP contribution >= 0.6 is 0 Å². The first-order valence-electron chi connectivity index (χ1n) is 9.21. The molecule has 0 spiro atoms. The number of aromatic nitrogens is 2. The summed E-state index contributed by atoms with van der Waals surface area (Å²) < 4.78 is 7.03. The second-order valence-corrected chi connectivity index (χ2v) is 7.08. The third kappa shape index (κ3) is 4.58. The summed E-state index contributed by atoms with van der Waals surface area (Å²) in [6.45, 7) is 7.31. The number of urea groups is 1. The number of nitrogens with zero attached hydrogens (tertiary/aromatic N) is 2. The van der Waals surface area contributed by atoms with E-state index in [2.05, 4.69) is 26.6 Å². The van der Waals surface area contributed by atoms with Gasteiger partial charge in [-0.3, -0.25) is 10.7 Å². The Morgan fingerprint density at radius 3 is 2.78 bits per heavy atom. The van der Waals surface area contributed by atoms with Gasteiger partial charge in [0.15, 0.2) is 0 Å². The maximum Gasteiger partial charge on any atom is 0.320 e. The van der Waals surface area contributed by atoms with Gasteiger partial charge in [0.05, 0.1) is 18.8 Å². The molecule has 146 valence electrons. The third-order valence-electron chi connectivity index (χ3n) is 4.68. The highest BCUT2D eigenvalue weighted by Gasteiger charge is 2.28. The van der Waals surface area contributed by atoms with Crippen LogP contribution in [-0.4, -0.2) is 36.0 Å². The summed E-state index contributed by atoms with van der Waals surface area (Å²) in [6, 6.07) is 9.93. The monoisotopic (exact) mass is 372 g/mol. The average Bonchev–Trinajstić information content (AvgIpc) is 3.26. The zero-order valence-electron chi connectivity index (χ0n) is 16.2. The molecule has 0 bridgehead atoms. The maximum atomic E-state index is 12.4. The number of hydrogen-bond acceptors (Lipinski definition) is 5. The van der Waals surface area contributed by atoms with Crippen LogP contribution in [0.3, 0.4) is 0 Å². The number of nitrogens with one attached hydrogen (secondary N) is 4. The number of carbonyl (C=O) groups excluding carboxylic acids is 1. The molecule has 1 aliphatic heterocycles. The summed E-state index contributed by atoms with van der Waals surface area (Å²) in [6.07, 6.45) is 0. The topological polar surface area (TPSA) is 92.2 Å². The number of aryl methyl sites for hydroxylation is 1. The molecule has 1 saturated heterocycles. The van der Waals surface area contributed by atoms with E-state index in [1.165, 1.54) is 0 Å². The van der Waals surface area contributed by atoms with Gasteiger partial charge >= 0.3 is 6.03 Å². The minimum atomic E-state index is -0.225. The molecule has 4 N–H and O–H groups in total. The lowest BCUT2D eigenvalue weighted by Crippen LogP contribution is -2.36. The molecule has 2 amide bonds. The molecular formula is C19H28N6O2. The molecule has 1 aromatic carbocycles. The molecule has 0 aliphatic carbocycles. The fourth-order valence-corrected chi connectivity index (χ4v) is 3.28. The largest absolute Gasteiger partial charge is 0.497 e. The number of benzene rings is 1. The third-order valence-corrected chi connectivity index (χ3v) is 4.68. The van der Waals surface area contributed by atoms with Crippen molar-refractivity contribution in [2.24, 2.45) is 5.92 Å². The van der Waals surface area contributed by atoms with Crippen LogP contribution in [0.2, 0.25) is 0 Å². The quantitative estimate of drug-likeness (QED) is 0.625. The Kier molecular flexibility index (Phi) is 5.98. The molecule has 0 radical (unpaired) electrons. The number of anilines is 1.